The van der Waals surface area contributed by atoms with Crippen molar-refractivity contribution < 1.29 is 19.0 Å². The summed E-state index contributed by atoms with van der Waals surface area (Å²) >= 11 is 0. The molecule has 29 heavy (non-hydrogen) atoms. The number of nitrogens with zero attached hydrogens (tertiary/aromatic N) is 2. The number of ether oxygens (including phenoxy) is 3. The van der Waals surface area contributed by atoms with Crippen LogP contribution in [0.25, 0.3) is 0 Å². The van der Waals surface area contributed by atoms with Gasteiger partial charge in [0.25, 0.3) is 5.91 Å². The number of pyridine rings is 1. The molecule has 3 aromatic rings. The van der Waals surface area contributed by atoms with Crippen LogP contribution in [0.5, 0.6) is 17.4 Å². The molecular weight excluding hydrogens is 370 g/mol. The summed E-state index contributed by atoms with van der Waals surface area (Å²) < 4.78 is 16.3. The molecule has 0 unspecified atom stereocenters. The number of benzene rings is 2. The largest absolute Gasteiger partial charge is 0.493 e. The Bertz CT molecular complexity index is 999. The zero-order chi connectivity index (χ0) is 20.5. The summed E-state index contributed by atoms with van der Waals surface area (Å²) in [6.45, 7) is 0.203. The van der Waals surface area contributed by atoms with E-state index in [1.54, 1.807) is 30.3 Å². The van der Waals surface area contributed by atoms with E-state index in [9.17, 15) is 4.79 Å². The van der Waals surface area contributed by atoms with Crippen LogP contribution in [0.4, 0.5) is 5.69 Å². The number of methoxy groups -OCH3 is 1. The summed E-state index contributed by atoms with van der Waals surface area (Å²) in [4.78, 5) is 16.3. The normalized spacial score (nSPS) is 9.93. The third-order valence-electron chi connectivity index (χ3n) is 3.90. The number of carbonyl (C=O) groups excluding carboxylic acids is 1. The van der Waals surface area contributed by atoms with Crippen molar-refractivity contribution in [3.05, 3.63) is 78.0 Å². The van der Waals surface area contributed by atoms with Crippen LogP contribution in [0.3, 0.4) is 0 Å². The summed E-state index contributed by atoms with van der Waals surface area (Å²) in [6.07, 6.45) is 1.51. The van der Waals surface area contributed by atoms with Gasteiger partial charge >= 0.3 is 0 Å². The van der Waals surface area contributed by atoms with Crippen LogP contribution in [0, 0.1) is 11.3 Å². The summed E-state index contributed by atoms with van der Waals surface area (Å²) in [7, 11) is 1.47. The second-order valence-electron chi connectivity index (χ2n) is 5.97. The SMILES string of the molecule is COc1cc(C#N)ccc1OCC(=O)Nc1ccc(OCc2ccccc2)nc1. The van der Waals surface area contributed by atoms with E-state index in [0.717, 1.165) is 5.56 Å². The van der Waals surface area contributed by atoms with Crippen molar-refractivity contribution in [3.8, 4) is 23.4 Å². The number of nitrogens with one attached hydrogen (secondary N) is 1. The first-order valence-electron chi connectivity index (χ1n) is 8.81. The van der Waals surface area contributed by atoms with Gasteiger partial charge in [0.1, 0.15) is 6.61 Å². The number of anilines is 1. The van der Waals surface area contributed by atoms with E-state index in [1.165, 1.54) is 13.3 Å². The van der Waals surface area contributed by atoms with E-state index in [2.05, 4.69) is 10.3 Å². The fourth-order valence-electron chi connectivity index (χ4n) is 2.47. The van der Waals surface area contributed by atoms with Crippen LogP contribution < -0.4 is 19.5 Å². The van der Waals surface area contributed by atoms with Crippen molar-refractivity contribution in [2.75, 3.05) is 19.0 Å². The van der Waals surface area contributed by atoms with Crippen molar-refractivity contribution in [2.45, 2.75) is 6.61 Å². The Morgan fingerprint density at radius 3 is 2.59 bits per heavy atom. The topological polar surface area (TPSA) is 93.5 Å². The predicted molar refractivity (Wildman–Crippen MR) is 107 cm³/mol. The Kier molecular flexibility index (Phi) is 6.63. The standard InChI is InChI=1S/C22H19N3O4/c1-27-20-11-17(12-23)7-9-19(20)28-15-21(26)25-18-8-10-22(24-13-18)29-14-16-5-3-2-4-6-16/h2-11,13H,14-15H2,1H3,(H,25,26). The van der Waals surface area contributed by atoms with Crippen LogP contribution in [0.15, 0.2) is 66.9 Å². The van der Waals surface area contributed by atoms with E-state index < -0.39 is 0 Å². The van der Waals surface area contributed by atoms with Crippen molar-refractivity contribution in [3.63, 3.8) is 0 Å². The monoisotopic (exact) mass is 389 g/mol. The van der Waals surface area contributed by atoms with Gasteiger partial charge in [-0.1, -0.05) is 30.3 Å². The molecule has 0 aliphatic carbocycles. The van der Waals surface area contributed by atoms with Gasteiger partial charge in [-0.2, -0.15) is 5.26 Å². The number of amides is 1. The molecule has 146 valence electrons. The quantitative estimate of drug-likeness (QED) is 0.633. The van der Waals surface area contributed by atoms with E-state index in [0.29, 0.717) is 35.2 Å². The predicted octanol–water partition coefficient (Wildman–Crippen LogP) is 3.56. The lowest BCUT2D eigenvalue weighted by molar-refractivity contribution is -0.118. The summed E-state index contributed by atoms with van der Waals surface area (Å²) in [5.41, 5.74) is 2.01. The van der Waals surface area contributed by atoms with Crippen molar-refractivity contribution in [2.24, 2.45) is 0 Å². The molecule has 1 N–H and O–H groups in total. The fourth-order valence-corrected chi connectivity index (χ4v) is 2.47. The van der Waals surface area contributed by atoms with Gasteiger partial charge in [0.05, 0.1) is 30.6 Å². The molecule has 0 aliphatic rings. The summed E-state index contributed by atoms with van der Waals surface area (Å²) in [6, 6.07) is 19.9. The Morgan fingerprint density at radius 2 is 1.90 bits per heavy atom. The van der Waals surface area contributed by atoms with Crippen LogP contribution >= 0.6 is 0 Å². The van der Waals surface area contributed by atoms with Gasteiger partial charge in [-0.05, 0) is 23.8 Å². The first-order valence-corrected chi connectivity index (χ1v) is 8.81. The van der Waals surface area contributed by atoms with Gasteiger partial charge in [0.15, 0.2) is 18.1 Å². The molecule has 0 spiro atoms. The first kappa shape index (κ1) is 19.7. The highest BCUT2D eigenvalue weighted by Gasteiger charge is 2.09. The lowest BCUT2D eigenvalue weighted by atomic mass is 10.2. The molecule has 0 bridgehead atoms. The zero-order valence-corrected chi connectivity index (χ0v) is 15.8. The van der Waals surface area contributed by atoms with E-state index in [4.69, 9.17) is 19.5 Å². The molecule has 1 amide bonds. The van der Waals surface area contributed by atoms with Crippen LogP contribution in [-0.4, -0.2) is 24.6 Å². The molecule has 0 aliphatic heterocycles. The minimum atomic E-state index is -0.351. The smallest absolute Gasteiger partial charge is 0.262 e. The molecule has 1 aromatic heterocycles. The third-order valence-corrected chi connectivity index (χ3v) is 3.90. The summed E-state index contributed by atoms with van der Waals surface area (Å²) in [5, 5.41) is 11.6. The lowest BCUT2D eigenvalue weighted by Crippen LogP contribution is -2.20. The average molecular weight is 389 g/mol. The Balaban J connectivity index is 1.50. The maximum atomic E-state index is 12.1. The number of nitriles is 1. The van der Waals surface area contributed by atoms with Gasteiger partial charge in [-0.3, -0.25) is 4.79 Å². The van der Waals surface area contributed by atoms with Gasteiger partial charge in [-0.25, -0.2) is 4.98 Å². The van der Waals surface area contributed by atoms with Crippen LogP contribution in [-0.2, 0) is 11.4 Å². The third kappa shape index (κ3) is 5.71. The van der Waals surface area contributed by atoms with Crippen molar-refractivity contribution in [1.29, 1.82) is 5.26 Å². The van der Waals surface area contributed by atoms with Crippen LogP contribution in [0.2, 0.25) is 0 Å². The molecule has 0 saturated carbocycles. The lowest BCUT2D eigenvalue weighted by Gasteiger charge is -2.11. The first-order chi connectivity index (χ1) is 14.2. The van der Waals surface area contributed by atoms with Crippen LogP contribution in [0.1, 0.15) is 11.1 Å². The molecule has 1 heterocycles. The minimum Gasteiger partial charge on any atom is -0.493 e. The molecule has 0 atom stereocenters. The zero-order valence-electron chi connectivity index (χ0n) is 15.8. The Labute approximate surface area is 168 Å². The van der Waals surface area contributed by atoms with Crippen molar-refractivity contribution >= 4 is 11.6 Å². The van der Waals surface area contributed by atoms with E-state index in [-0.39, 0.29) is 12.5 Å². The number of carbonyl (C=O) groups is 1. The van der Waals surface area contributed by atoms with Gasteiger partial charge in [-0.15, -0.1) is 0 Å². The molecule has 3 rings (SSSR count). The fraction of sp³-hybridized carbons (Fsp3) is 0.136. The highest BCUT2D eigenvalue weighted by atomic mass is 16.5. The second-order valence-corrected chi connectivity index (χ2v) is 5.97. The molecule has 7 heteroatoms. The molecule has 0 saturated heterocycles. The molecule has 7 nitrogen and oxygen atoms in total. The maximum Gasteiger partial charge on any atom is 0.262 e. The van der Waals surface area contributed by atoms with E-state index >= 15 is 0 Å². The van der Waals surface area contributed by atoms with Crippen molar-refractivity contribution in [1.82, 2.24) is 4.98 Å². The van der Waals surface area contributed by atoms with E-state index in [1.807, 2.05) is 36.4 Å². The molecule has 0 radical (unpaired) electrons. The maximum absolute atomic E-state index is 12.1. The Hall–Kier alpha value is -4.05. The summed E-state index contributed by atoms with van der Waals surface area (Å²) in [5.74, 6) is 0.879. The number of aromatic nitrogens is 1. The molecule has 0 fully saturated rings. The van der Waals surface area contributed by atoms with Gasteiger partial charge in [0, 0.05) is 12.1 Å². The average Bonchev–Trinajstić information content (AvgIpc) is 2.77. The van der Waals surface area contributed by atoms with Gasteiger partial charge in [0.2, 0.25) is 5.88 Å². The molecule has 2 aromatic carbocycles. The highest BCUT2D eigenvalue weighted by molar-refractivity contribution is 5.91. The Morgan fingerprint density at radius 1 is 1.07 bits per heavy atom. The number of hydrogen-bond acceptors (Lipinski definition) is 6. The number of hydrogen-bond donors (Lipinski definition) is 1. The molecular formula is C22H19N3O4. The highest BCUT2D eigenvalue weighted by Crippen LogP contribution is 2.27. The second kappa shape index (κ2) is 9.76. The number of rotatable bonds is 8. The van der Waals surface area contributed by atoms with Gasteiger partial charge < -0.3 is 19.5 Å². The minimum absolute atomic E-state index is 0.214.